The zero-order chi connectivity index (χ0) is 11.4. The van der Waals surface area contributed by atoms with Gasteiger partial charge in [-0.05, 0) is 26.0 Å². The third kappa shape index (κ3) is 2.27. The Kier molecular flexibility index (Phi) is 3.94. The topological polar surface area (TPSA) is 23.4 Å². The molecule has 0 unspecified atom stereocenters. The number of hydrogen-bond donors (Lipinski definition) is 0. The van der Waals surface area contributed by atoms with E-state index in [-0.39, 0.29) is 0 Å². The minimum atomic E-state index is -1.00. The third-order valence-electron chi connectivity index (χ3n) is 2.23. The van der Waals surface area contributed by atoms with Gasteiger partial charge in [-0.15, -0.1) is 0 Å². The van der Waals surface area contributed by atoms with Crippen LogP contribution in [-0.4, -0.2) is 17.6 Å². The predicted molar refractivity (Wildman–Crippen MR) is 67.5 cm³/mol. The van der Waals surface area contributed by atoms with E-state index in [1.807, 2.05) is 32.2 Å². The number of benzene rings is 1. The zero-order valence-corrected chi connectivity index (χ0v) is 10.5. The lowest BCUT2D eigenvalue weighted by molar-refractivity contribution is 0.264. The van der Waals surface area contributed by atoms with E-state index in [1.165, 1.54) is 5.39 Å². The molecule has 1 heterocycles. The van der Waals surface area contributed by atoms with Crippen LogP contribution in [0.1, 0.15) is 13.8 Å². The highest BCUT2D eigenvalue weighted by Crippen LogP contribution is 2.42. The van der Waals surface area contributed by atoms with Gasteiger partial charge in [-0.25, -0.2) is 0 Å². The van der Waals surface area contributed by atoms with E-state index in [1.54, 1.807) is 0 Å². The maximum Gasteiger partial charge on any atom is 0.294 e. The Labute approximate surface area is 96.9 Å². The van der Waals surface area contributed by atoms with Crippen LogP contribution in [0.4, 0.5) is 0 Å². The van der Waals surface area contributed by atoms with Crippen LogP contribution in [0.15, 0.2) is 36.5 Å². The van der Waals surface area contributed by atoms with Crippen LogP contribution in [0.5, 0.6) is 0 Å². The largest absolute Gasteiger partial charge is 0.318 e. The van der Waals surface area contributed by atoms with Crippen molar-refractivity contribution >= 4 is 19.4 Å². The van der Waals surface area contributed by atoms with Crippen molar-refractivity contribution in [2.75, 3.05) is 13.2 Å². The van der Waals surface area contributed by atoms with Gasteiger partial charge in [0.05, 0.1) is 18.7 Å². The van der Waals surface area contributed by atoms with Crippen molar-refractivity contribution < 1.29 is 9.05 Å². The fourth-order valence-corrected chi connectivity index (χ4v) is 2.89. The van der Waals surface area contributed by atoms with Crippen molar-refractivity contribution in [1.82, 2.24) is 4.34 Å². The predicted octanol–water partition coefficient (Wildman–Crippen LogP) is 3.79. The molecule has 0 atom stereocenters. The van der Waals surface area contributed by atoms with Gasteiger partial charge in [0.1, 0.15) is 0 Å². The smallest absolute Gasteiger partial charge is 0.294 e. The standard InChI is InChI=1S/C12H16NO2P/c1-3-14-16(15-4-2)13-10-9-11-7-5-6-8-12(11)13/h5-10H,3-4H2,1-2H3. The van der Waals surface area contributed by atoms with Crippen LogP contribution in [-0.2, 0) is 9.05 Å². The van der Waals surface area contributed by atoms with Crippen molar-refractivity contribution in [2.45, 2.75) is 13.8 Å². The summed E-state index contributed by atoms with van der Waals surface area (Å²) < 4.78 is 13.4. The summed E-state index contributed by atoms with van der Waals surface area (Å²) in [5.41, 5.74) is 1.16. The van der Waals surface area contributed by atoms with Gasteiger partial charge in [0.2, 0.25) is 0 Å². The second-order valence-electron chi connectivity index (χ2n) is 3.29. The first-order valence-electron chi connectivity index (χ1n) is 5.49. The van der Waals surface area contributed by atoms with Gasteiger partial charge in [-0.3, -0.25) is 4.34 Å². The minimum absolute atomic E-state index is 0.665. The number of hydrogen-bond acceptors (Lipinski definition) is 2. The van der Waals surface area contributed by atoms with Gasteiger partial charge in [0.15, 0.2) is 0 Å². The molecule has 1 aromatic carbocycles. The molecule has 0 saturated carbocycles. The molecule has 0 bridgehead atoms. The van der Waals surface area contributed by atoms with Gasteiger partial charge in [0, 0.05) is 11.6 Å². The molecule has 0 amide bonds. The summed E-state index contributed by atoms with van der Waals surface area (Å²) in [6.45, 7) is 5.30. The van der Waals surface area contributed by atoms with Crippen LogP contribution in [0, 0.1) is 0 Å². The van der Waals surface area contributed by atoms with E-state index >= 15 is 0 Å². The molecule has 0 aliphatic heterocycles. The summed E-state index contributed by atoms with van der Waals surface area (Å²) in [7, 11) is -1.00. The molecule has 0 aliphatic carbocycles. The van der Waals surface area contributed by atoms with Crippen LogP contribution in [0.25, 0.3) is 10.9 Å². The average molecular weight is 237 g/mol. The molecule has 86 valence electrons. The lowest BCUT2D eigenvalue weighted by atomic mass is 10.3. The van der Waals surface area contributed by atoms with Crippen molar-refractivity contribution in [3.8, 4) is 0 Å². The average Bonchev–Trinajstić information content (AvgIpc) is 2.72. The van der Waals surface area contributed by atoms with Crippen molar-refractivity contribution in [2.24, 2.45) is 0 Å². The molecule has 0 fully saturated rings. The molecule has 0 N–H and O–H groups in total. The first-order chi connectivity index (χ1) is 7.86. The molecule has 3 nitrogen and oxygen atoms in total. The van der Waals surface area contributed by atoms with Crippen LogP contribution >= 0.6 is 8.53 Å². The number of para-hydroxylation sites is 1. The molecule has 2 rings (SSSR count). The van der Waals surface area contributed by atoms with Crippen molar-refractivity contribution in [3.63, 3.8) is 0 Å². The van der Waals surface area contributed by atoms with Gasteiger partial charge in [-0.1, -0.05) is 18.2 Å². The maximum absolute atomic E-state index is 5.64. The van der Waals surface area contributed by atoms with Crippen molar-refractivity contribution in [3.05, 3.63) is 36.5 Å². The summed E-state index contributed by atoms with van der Waals surface area (Å²) >= 11 is 0. The second kappa shape index (κ2) is 5.44. The molecular formula is C12H16NO2P. The molecule has 0 aliphatic rings. The molecule has 1 aromatic heterocycles. The lowest BCUT2D eigenvalue weighted by Crippen LogP contribution is -1.98. The summed E-state index contributed by atoms with van der Waals surface area (Å²) in [5.74, 6) is 0. The fourth-order valence-electron chi connectivity index (χ4n) is 1.59. The molecule has 4 heteroatoms. The first kappa shape index (κ1) is 11.6. The second-order valence-corrected chi connectivity index (χ2v) is 4.72. The summed E-state index contributed by atoms with van der Waals surface area (Å²) in [6.07, 6.45) is 2.03. The Morgan fingerprint density at radius 1 is 1.06 bits per heavy atom. The SMILES string of the molecule is CCOP(OCC)n1ccc2ccccc21. The zero-order valence-electron chi connectivity index (χ0n) is 9.59. The number of nitrogens with zero attached hydrogens (tertiary/aromatic N) is 1. The number of fused-ring (bicyclic) bond motifs is 1. The van der Waals surface area contributed by atoms with Gasteiger partial charge in [-0.2, -0.15) is 0 Å². The number of rotatable bonds is 5. The molecular weight excluding hydrogens is 221 g/mol. The van der Waals surface area contributed by atoms with Crippen LogP contribution in [0.3, 0.4) is 0 Å². The van der Waals surface area contributed by atoms with E-state index in [4.69, 9.17) is 9.05 Å². The Bertz CT molecular complexity index is 449. The van der Waals surface area contributed by atoms with Gasteiger partial charge >= 0.3 is 0 Å². The van der Waals surface area contributed by atoms with E-state index in [2.05, 4.69) is 22.5 Å². The highest BCUT2D eigenvalue weighted by atomic mass is 31.2. The van der Waals surface area contributed by atoms with Gasteiger partial charge < -0.3 is 9.05 Å². The summed E-state index contributed by atoms with van der Waals surface area (Å²) in [6, 6.07) is 10.3. The Balaban J connectivity index is 2.36. The first-order valence-corrected chi connectivity index (χ1v) is 6.62. The van der Waals surface area contributed by atoms with E-state index in [9.17, 15) is 0 Å². The van der Waals surface area contributed by atoms with Gasteiger partial charge in [0.25, 0.3) is 8.53 Å². The quantitative estimate of drug-likeness (QED) is 0.738. The van der Waals surface area contributed by atoms with E-state index in [0.29, 0.717) is 13.2 Å². The lowest BCUT2D eigenvalue weighted by Gasteiger charge is -2.17. The molecule has 0 saturated heterocycles. The highest BCUT2D eigenvalue weighted by molar-refractivity contribution is 7.45. The summed E-state index contributed by atoms with van der Waals surface area (Å²) in [5, 5.41) is 1.22. The van der Waals surface area contributed by atoms with Crippen molar-refractivity contribution in [1.29, 1.82) is 0 Å². The Morgan fingerprint density at radius 3 is 2.44 bits per heavy atom. The highest BCUT2D eigenvalue weighted by Gasteiger charge is 2.14. The maximum atomic E-state index is 5.64. The molecule has 0 spiro atoms. The normalized spacial score (nSPS) is 11.4. The molecule has 16 heavy (non-hydrogen) atoms. The monoisotopic (exact) mass is 237 g/mol. The Hall–Kier alpha value is -0.890. The van der Waals surface area contributed by atoms with Crippen LogP contribution < -0.4 is 0 Å². The number of aromatic nitrogens is 1. The molecule has 0 radical (unpaired) electrons. The van der Waals surface area contributed by atoms with E-state index < -0.39 is 8.53 Å². The van der Waals surface area contributed by atoms with E-state index in [0.717, 1.165) is 5.52 Å². The summed E-state index contributed by atoms with van der Waals surface area (Å²) in [4.78, 5) is 0. The third-order valence-corrected chi connectivity index (χ3v) is 3.89. The van der Waals surface area contributed by atoms with Crippen LogP contribution in [0.2, 0.25) is 0 Å². The Morgan fingerprint density at radius 2 is 1.75 bits per heavy atom. The fraction of sp³-hybridized carbons (Fsp3) is 0.333. The minimum Gasteiger partial charge on any atom is -0.318 e. The molecule has 2 aromatic rings.